The Kier molecular flexibility index (Phi) is 6.89. The van der Waals surface area contributed by atoms with Gasteiger partial charge in [0, 0.05) is 6.42 Å². The minimum Gasteiger partial charge on any atom is -0.496 e. The number of carboxylic acid groups (broad SMARTS) is 1. The molecule has 0 amide bonds. The molecule has 0 saturated heterocycles. The van der Waals surface area contributed by atoms with Crippen LogP contribution in [-0.4, -0.2) is 31.3 Å². The topological polar surface area (TPSA) is 58.6 Å². The van der Waals surface area contributed by atoms with E-state index in [1.165, 1.54) is 12.1 Å². The van der Waals surface area contributed by atoms with Gasteiger partial charge in [0.2, 0.25) is 0 Å². The van der Waals surface area contributed by atoms with E-state index in [2.05, 4.69) is 5.32 Å². The van der Waals surface area contributed by atoms with Crippen LogP contribution in [0.4, 0.5) is 4.39 Å². The van der Waals surface area contributed by atoms with Crippen molar-refractivity contribution in [1.29, 1.82) is 0 Å². The number of unbranched alkanes of at least 4 members (excludes halogenated alkanes) is 1. The van der Waals surface area contributed by atoms with Gasteiger partial charge in [0.05, 0.1) is 7.11 Å². The maximum atomic E-state index is 13.1. The van der Waals surface area contributed by atoms with Crippen LogP contribution < -0.4 is 10.1 Å². The molecule has 1 aromatic carbocycles. The average molecular weight is 269 g/mol. The van der Waals surface area contributed by atoms with E-state index in [-0.39, 0.29) is 12.2 Å². The number of aliphatic carboxylic acids is 1. The lowest BCUT2D eigenvalue weighted by Crippen LogP contribution is -2.19. The van der Waals surface area contributed by atoms with Crippen molar-refractivity contribution in [2.45, 2.75) is 25.7 Å². The number of carboxylic acids is 1. The second kappa shape index (κ2) is 8.48. The number of hydrogen-bond acceptors (Lipinski definition) is 3. The Morgan fingerprint density at radius 1 is 1.37 bits per heavy atom. The van der Waals surface area contributed by atoms with Crippen LogP contribution in [0.5, 0.6) is 5.75 Å². The molecular weight excluding hydrogens is 249 g/mol. The van der Waals surface area contributed by atoms with Crippen LogP contribution in [0.2, 0.25) is 0 Å². The van der Waals surface area contributed by atoms with Crippen molar-refractivity contribution in [3.8, 4) is 5.75 Å². The van der Waals surface area contributed by atoms with E-state index in [0.29, 0.717) is 25.1 Å². The second-order valence-electron chi connectivity index (χ2n) is 4.31. The zero-order valence-corrected chi connectivity index (χ0v) is 11.1. The highest BCUT2D eigenvalue weighted by atomic mass is 19.1. The molecule has 0 saturated carbocycles. The van der Waals surface area contributed by atoms with Crippen LogP contribution in [-0.2, 0) is 11.2 Å². The number of ether oxygens (including phenoxy) is 1. The summed E-state index contributed by atoms with van der Waals surface area (Å²) in [5.74, 6) is -0.337. The van der Waals surface area contributed by atoms with Gasteiger partial charge in [0.1, 0.15) is 11.6 Å². The van der Waals surface area contributed by atoms with E-state index in [4.69, 9.17) is 9.84 Å². The van der Waals surface area contributed by atoms with Gasteiger partial charge in [0.15, 0.2) is 0 Å². The number of hydrogen-bond donors (Lipinski definition) is 2. The van der Waals surface area contributed by atoms with Crippen molar-refractivity contribution in [2.75, 3.05) is 20.2 Å². The van der Waals surface area contributed by atoms with Gasteiger partial charge in [-0.3, -0.25) is 4.79 Å². The number of carbonyl (C=O) groups is 1. The minimum absolute atomic E-state index is 0.208. The van der Waals surface area contributed by atoms with Crippen LogP contribution in [0, 0.1) is 5.82 Å². The molecule has 1 rings (SSSR count). The maximum absolute atomic E-state index is 13.1. The predicted octanol–water partition coefficient (Wildman–Crippen LogP) is 2.22. The molecule has 2 N–H and O–H groups in total. The highest BCUT2D eigenvalue weighted by Gasteiger charge is 2.04. The molecule has 0 bridgehead atoms. The number of benzene rings is 1. The van der Waals surface area contributed by atoms with Crippen molar-refractivity contribution >= 4 is 5.97 Å². The summed E-state index contributed by atoms with van der Waals surface area (Å²) in [6.45, 7) is 1.48. The molecule has 1 aromatic rings. The Hall–Kier alpha value is -1.62. The van der Waals surface area contributed by atoms with Gasteiger partial charge in [-0.2, -0.15) is 0 Å². The molecule has 0 aliphatic carbocycles. The quantitative estimate of drug-likeness (QED) is 0.675. The Morgan fingerprint density at radius 3 is 2.84 bits per heavy atom. The minimum atomic E-state index is -0.760. The SMILES string of the molecule is COc1ccc(F)cc1CCNCCCCC(=O)O. The third kappa shape index (κ3) is 6.20. The summed E-state index contributed by atoms with van der Waals surface area (Å²) >= 11 is 0. The normalized spacial score (nSPS) is 10.4. The van der Waals surface area contributed by atoms with Crippen LogP contribution in [0.1, 0.15) is 24.8 Å². The first-order chi connectivity index (χ1) is 9.13. The molecule has 0 heterocycles. The van der Waals surface area contributed by atoms with Gasteiger partial charge in [-0.15, -0.1) is 0 Å². The summed E-state index contributed by atoms with van der Waals surface area (Å²) in [7, 11) is 1.57. The van der Waals surface area contributed by atoms with Crippen LogP contribution in [0.25, 0.3) is 0 Å². The molecule has 0 aromatic heterocycles. The Morgan fingerprint density at radius 2 is 2.16 bits per heavy atom. The van der Waals surface area contributed by atoms with E-state index in [1.54, 1.807) is 13.2 Å². The molecule has 0 aliphatic rings. The van der Waals surface area contributed by atoms with Gasteiger partial charge in [-0.25, -0.2) is 4.39 Å². The second-order valence-corrected chi connectivity index (χ2v) is 4.31. The lowest BCUT2D eigenvalue weighted by atomic mass is 10.1. The summed E-state index contributed by atoms with van der Waals surface area (Å²) < 4.78 is 18.3. The Bertz CT molecular complexity index is 410. The van der Waals surface area contributed by atoms with Gasteiger partial charge >= 0.3 is 5.97 Å². The van der Waals surface area contributed by atoms with Crippen molar-refractivity contribution in [1.82, 2.24) is 5.32 Å². The Balaban J connectivity index is 2.22. The standard InChI is InChI=1S/C14H20FNO3/c1-19-13-6-5-12(15)10-11(13)7-9-16-8-3-2-4-14(17)18/h5-6,10,16H,2-4,7-9H2,1H3,(H,17,18). The van der Waals surface area contributed by atoms with Crippen LogP contribution in [0.15, 0.2) is 18.2 Å². The third-order valence-electron chi connectivity index (χ3n) is 2.81. The van der Waals surface area contributed by atoms with E-state index in [1.807, 2.05) is 0 Å². The molecule has 4 nitrogen and oxygen atoms in total. The molecule has 0 unspecified atom stereocenters. The van der Waals surface area contributed by atoms with Gasteiger partial charge in [-0.05, 0) is 56.1 Å². The number of rotatable bonds is 9. The van der Waals surface area contributed by atoms with E-state index in [0.717, 1.165) is 18.5 Å². The molecule has 106 valence electrons. The monoisotopic (exact) mass is 269 g/mol. The highest BCUT2D eigenvalue weighted by molar-refractivity contribution is 5.66. The summed E-state index contributed by atoms with van der Waals surface area (Å²) in [4.78, 5) is 10.3. The van der Waals surface area contributed by atoms with Crippen molar-refractivity contribution < 1.29 is 19.0 Å². The molecule has 0 radical (unpaired) electrons. The maximum Gasteiger partial charge on any atom is 0.303 e. The molecule has 0 aliphatic heterocycles. The summed E-state index contributed by atoms with van der Waals surface area (Å²) in [6, 6.07) is 4.48. The molecular formula is C14H20FNO3. The lowest BCUT2D eigenvalue weighted by Gasteiger charge is -2.09. The fraction of sp³-hybridized carbons (Fsp3) is 0.500. The first-order valence-electron chi connectivity index (χ1n) is 6.38. The summed E-state index contributed by atoms with van der Waals surface area (Å²) in [5, 5.41) is 11.7. The first-order valence-corrected chi connectivity index (χ1v) is 6.38. The molecule has 19 heavy (non-hydrogen) atoms. The van der Waals surface area contributed by atoms with Crippen molar-refractivity contribution in [3.63, 3.8) is 0 Å². The zero-order valence-electron chi connectivity index (χ0n) is 11.1. The highest BCUT2D eigenvalue weighted by Crippen LogP contribution is 2.19. The van der Waals surface area contributed by atoms with Crippen molar-refractivity contribution in [3.05, 3.63) is 29.6 Å². The average Bonchev–Trinajstić information content (AvgIpc) is 2.37. The van der Waals surface area contributed by atoms with Gasteiger partial charge in [-0.1, -0.05) is 0 Å². The lowest BCUT2D eigenvalue weighted by molar-refractivity contribution is -0.137. The number of halogens is 1. The fourth-order valence-electron chi connectivity index (χ4n) is 1.82. The molecule has 5 heteroatoms. The van der Waals surface area contributed by atoms with E-state index >= 15 is 0 Å². The van der Waals surface area contributed by atoms with Crippen LogP contribution in [0.3, 0.4) is 0 Å². The third-order valence-corrected chi connectivity index (χ3v) is 2.81. The van der Waals surface area contributed by atoms with E-state index in [9.17, 15) is 9.18 Å². The Labute approximate surface area is 112 Å². The largest absolute Gasteiger partial charge is 0.496 e. The number of methoxy groups -OCH3 is 1. The number of nitrogens with one attached hydrogen (secondary N) is 1. The van der Waals surface area contributed by atoms with Crippen molar-refractivity contribution in [2.24, 2.45) is 0 Å². The van der Waals surface area contributed by atoms with Crippen LogP contribution >= 0.6 is 0 Å². The molecule has 0 spiro atoms. The molecule has 0 atom stereocenters. The molecule has 0 fully saturated rings. The van der Waals surface area contributed by atoms with Gasteiger partial charge in [0.25, 0.3) is 0 Å². The predicted molar refractivity (Wildman–Crippen MR) is 71.0 cm³/mol. The first kappa shape index (κ1) is 15.4. The van der Waals surface area contributed by atoms with Gasteiger partial charge < -0.3 is 15.2 Å². The fourth-order valence-corrected chi connectivity index (χ4v) is 1.82. The van der Waals surface area contributed by atoms with E-state index < -0.39 is 5.97 Å². The summed E-state index contributed by atoms with van der Waals surface area (Å²) in [5.41, 5.74) is 0.834. The smallest absolute Gasteiger partial charge is 0.303 e. The summed E-state index contributed by atoms with van der Waals surface area (Å²) in [6.07, 6.45) is 2.39. The zero-order chi connectivity index (χ0) is 14.1.